The van der Waals surface area contributed by atoms with Crippen molar-refractivity contribution in [2.75, 3.05) is 0 Å². The van der Waals surface area contributed by atoms with Crippen LogP contribution in [0.4, 0.5) is 13.2 Å². The topological polar surface area (TPSA) is 70.4 Å². The zero-order chi connectivity index (χ0) is 12.8. The van der Waals surface area contributed by atoms with E-state index in [2.05, 4.69) is 4.98 Å². The van der Waals surface area contributed by atoms with E-state index in [1.54, 1.807) is 0 Å². The second kappa shape index (κ2) is 3.67. The second-order valence-corrected chi connectivity index (χ2v) is 5.03. The molecule has 0 aromatic carbocycles. The van der Waals surface area contributed by atoms with Crippen LogP contribution in [0.1, 0.15) is 22.7 Å². The number of hydrogen-bond acceptors (Lipinski definition) is 4. The summed E-state index contributed by atoms with van der Waals surface area (Å²) in [6.07, 6.45) is -3.70. The number of rotatable bonds is 2. The van der Waals surface area contributed by atoms with Crippen molar-refractivity contribution in [3.63, 3.8) is 0 Å². The predicted octanol–water partition coefficient (Wildman–Crippen LogP) is 1.84. The number of aliphatic carboxylic acids is 1. The van der Waals surface area contributed by atoms with Crippen LogP contribution < -0.4 is 0 Å². The summed E-state index contributed by atoms with van der Waals surface area (Å²) in [5.41, 5.74) is -1.47. The summed E-state index contributed by atoms with van der Waals surface area (Å²) in [6.45, 7) is 0. The Morgan fingerprint density at radius 1 is 1.53 bits per heavy atom. The van der Waals surface area contributed by atoms with Crippen molar-refractivity contribution < 1.29 is 28.2 Å². The average Bonchev–Trinajstić information content (AvgIpc) is 2.60. The van der Waals surface area contributed by atoms with Crippen molar-refractivity contribution >= 4 is 17.3 Å². The van der Waals surface area contributed by atoms with E-state index in [0.717, 1.165) is 6.20 Å². The van der Waals surface area contributed by atoms with Crippen molar-refractivity contribution in [3.8, 4) is 0 Å². The van der Waals surface area contributed by atoms with Gasteiger partial charge in [0.05, 0.1) is 10.8 Å². The second-order valence-electron chi connectivity index (χ2n) is 4.00. The number of hydrogen-bond donors (Lipinski definition) is 2. The van der Waals surface area contributed by atoms with Crippen LogP contribution in [0.2, 0.25) is 0 Å². The Morgan fingerprint density at radius 3 is 2.53 bits per heavy atom. The number of carbonyl (C=O) groups is 1. The molecule has 0 spiro atoms. The van der Waals surface area contributed by atoms with Gasteiger partial charge in [-0.3, -0.25) is 4.79 Å². The number of aromatic nitrogens is 1. The molecule has 1 heterocycles. The molecule has 2 N–H and O–H groups in total. The molecule has 1 fully saturated rings. The van der Waals surface area contributed by atoms with Crippen molar-refractivity contribution in [1.82, 2.24) is 4.98 Å². The Labute approximate surface area is 97.7 Å². The minimum Gasteiger partial charge on any atom is -0.481 e. The maximum Gasteiger partial charge on any atom is 0.443 e. The summed E-state index contributed by atoms with van der Waals surface area (Å²) >= 11 is 0.357. The van der Waals surface area contributed by atoms with Gasteiger partial charge in [-0.15, -0.1) is 11.3 Å². The molecule has 1 aromatic heterocycles. The molecule has 0 amide bonds. The van der Waals surface area contributed by atoms with Crippen LogP contribution in [0.5, 0.6) is 0 Å². The lowest BCUT2D eigenvalue weighted by atomic mass is 9.70. The normalized spacial score (nSPS) is 28.8. The third-order valence-electron chi connectivity index (χ3n) is 2.72. The van der Waals surface area contributed by atoms with Crippen LogP contribution in [0, 0.1) is 5.92 Å². The van der Waals surface area contributed by atoms with Gasteiger partial charge in [-0.05, 0) is 12.8 Å². The van der Waals surface area contributed by atoms with Crippen molar-refractivity contribution in [2.45, 2.75) is 24.6 Å². The van der Waals surface area contributed by atoms with E-state index in [4.69, 9.17) is 5.11 Å². The van der Waals surface area contributed by atoms with Crippen LogP contribution in [-0.4, -0.2) is 21.2 Å². The van der Waals surface area contributed by atoms with Crippen LogP contribution in [-0.2, 0) is 16.6 Å². The van der Waals surface area contributed by atoms with Gasteiger partial charge in [0, 0.05) is 6.20 Å². The smallest absolute Gasteiger partial charge is 0.443 e. The fraction of sp³-hybridized carbons (Fsp3) is 0.556. The first-order chi connectivity index (χ1) is 7.72. The van der Waals surface area contributed by atoms with E-state index >= 15 is 0 Å². The molecule has 2 rings (SSSR count). The van der Waals surface area contributed by atoms with E-state index < -0.39 is 28.7 Å². The van der Waals surface area contributed by atoms with Gasteiger partial charge in [0.1, 0.15) is 5.60 Å². The third-order valence-corrected chi connectivity index (χ3v) is 3.96. The first-order valence-electron chi connectivity index (χ1n) is 4.71. The predicted molar refractivity (Wildman–Crippen MR) is 51.4 cm³/mol. The molecule has 0 unspecified atom stereocenters. The lowest BCUT2D eigenvalue weighted by Crippen LogP contribution is -2.43. The molecule has 94 valence electrons. The molecule has 17 heavy (non-hydrogen) atoms. The van der Waals surface area contributed by atoms with E-state index in [0.29, 0.717) is 11.3 Å². The fourth-order valence-electron chi connectivity index (χ4n) is 1.75. The highest BCUT2D eigenvalue weighted by atomic mass is 32.1. The maximum absolute atomic E-state index is 12.3. The molecular formula is C9H8F3NO3S. The molecule has 1 aliphatic rings. The number of carboxylic acid groups (broad SMARTS) is 1. The van der Waals surface area contributed by atoms with Crippen LogP contribution in [0.25, 0.3) is 0 Å². The van der Waals surface area contributed by atoms with E-state index in [-0.39, 0.29) is 17.7 Å². The lowest BCUT2D eigenvalue weighted by molar-refractivity contribution is -0.159. The molecular weight excluding hydrogens is 259 g/mol. The highest BCUT2D eigenvalue weighted by Crippen LogP contribution is 2.48. The summed E-state index contributed by atoms with van der Waals surface area (Å²) in [5, 5.41) is 17.5. The first kappa shape index (κ1) is 12.3. The standard InChI is InChI=1S/C9H8F3NO3S/c10-9(11,12)7-13-3-5(17-7)8(16)1-4(2-8)6(14)15/h3-4,16H,1-2H2,(H,14,15). The van der Waals surface area contributed by atoms with Gasteiger partial charge < -0.3 is 10.2 Å². The molecule has 1 aromatic rings. The molecule has 0 atom stereocenters. The quantitative estimate of drug-likeness (QED) is 0.857. The highest BCUT2D eigenvalue weighted by Gasteiger charge is 2.49. The highest BCUT2D eigenvalue weighted by molar-refractivity contribution is 7.11. The molecule has 8 heteroatoms. The van der Waals surface area contributed by atoms with Crippen LogP contribution >= 0.6 is 11.3 Å². The monoisotopic (exact) mass is 267 g/mol. The molecule has 1 aliphatic carbocycles. The van der Waals surface area contributed by atoms with Crippen molar-refractivity contribution in [1.29, 1.82) is 0 Å². The van der Waals surface area contributed by atoms with Gasteiger partial charge in [-0.25, -0.2) is 4.98 Å². The zero-order valence-electron chi connectivity index (χ0n) is 8.36. The summed E-state index contributed by atoms with van der Waals surface area (Å²) in [6, 6.07) is 0. The molecule has 4 nitrogen and oxygen atoms in total. The van der Waals surface area contributed by atoms with Crippen molar-refractivity contribution in [2.24, 2.45) is 5.92 Å². The Balaban J connectivity index is 2.15. The average molecular weight is 267 g/mol. The summed E-state index contributed by atoms with van der Waals surface area (Å²) in [7, 11) is 0. The van der Waals surface area contributed by atoms with Crippen LogP contribution in [0.3, 0.4) is 0 Å². The summed E-state index contributed by atoms with van der Waals surface area (Å²) in [4.78, 5) is 13.8. The van der Waals surface area contributed by atoms with Gasteiger partial charge in [-0.2, -0.15) is 13.2 Å². The molecule has 1 saturated carbocycles. The Bertz CT molecular complexity index is 451. The maximum atomic E-state index is 12.3. The minimum absolute atomic E-state index is 0.0676. The molecule has 0 radical (unpaired) electrons. The van der Waals surface area contributed by atoms with E-state index in [1.165, 1.54) is 0 Å². The minimum atomic E-state index is -4.53. The van der Waals surface area contributed by atoms with E-state index in [1.807, 2.05) is 0 Å². The Kier molecular flexibility index (Phi) is 2.66. The number of thiazole rings is 1. The van der Waals surface area contributed by atoms with Gasteiger partial charge in [-0.1, -0.05) is 0 Å². The largest absolute Gasteiger partial charge is 0.481 e. The number of aliphatic hydroxyl groups is 1. The van der Waals surface area contributed by atoms with Gasteiger partial charge in [0.2, 0.25) is 0 Å². The SMILES string of the molecule is O=C(O)C1CC(O)(c2cnc(C(F)(F)F)s2)C1. The number of nitrogens with zero attached hydrogens (tertiary/aromatic N) is 1. The molecule has 0 saturated heterocycles. The van der Waals surface area contributed by atoms with E-state index in [9.17, 15) is 23.1 Å². The Morgan fingerprint density at radius 2 is 2.12 bits per heavy atom. The van der Waals surface area contributed by atoms with Gasteiger partial charge in [0.25, 0.3) is 0 Å². The number of halogens is 3. The van der Waals surface area contributed by atoms with Crippen molar-refractivity contribution in [3.05, 3.63) is 16.1 Å². The summed E-state index contributed by atoms with van der Waals surface area (Å²) in [5.74, 6) is -1.74. The third kappa shape index (κ3) is 2.14. The van der Waals surface area contributed by atoms with Gasteiger partial charge in [0.15, 0.2) is 5.01 Å². The number of carboxylic acids is 1. The molecule has 0 aliphatic heterocycles. The fourth-order valence-corrected chi connectivity index (χ4v) is 2.64. The first-order valence-corrected chi connectivity index (χ1v) is 5.53. The Hall–Kier alpha value is -1.15. The lowest BCUT2D eigenvalue weighted by Gasteiger charge is -2.40. The number of alkyl halides is 3. The van der Waals surface area contributed by atoms with Crippen LogP contribution in [0.15, 0.2) is 6.20 Å². The van der Waals surface area contributed by atoms with Gasteiger partial charge >= 0.3 is 12.1 Å². The molecule has 0 bridgehead atoms. The summed E-state index contributed by atoms with van der Waals surface area (Å²) < 4.78 is 36.9. The zero-order valence-corrected chi connectivity index (χ0v) is 9.18.